The molecule has 1 heterocycles. The summed E-state index contributed by atoms with van der Waals surface area (Å²) in [5.74, 6) is 1.56. The molecule has 0 unspecified atom stereocenters. The molecular weight excluding hydrogens is 316 g/mol. The molecule has 0 radical (unpaired) electrons. The molecule has 0 aliphatic carbocycles. The highest BCUT2D eigenvalue weighted by Crippen LogP contribution is 2.23. The van der Waals surface area contributed by atoms with Gasteiger partial charge in [0.1, 0.15) is 11.5 Å². The van der Waals surface area contributed by atoms with Crippen LogP contribution in [0.2, 0.25) is 0 Å². The van der Waals surface area contributed by atoms with Gasteiger partial charge in [-0.05, 0) is 49.3 Å². The van der Waals surface area contributed by atoms with Gasteiger partial charge in [-0.15, -0.1) is 0 Å². The van der Waals surface area contributed by atoms with E-state index < -0.39 is 0 Å². The number of ether oxygens (including phenoxy) is 2. The Labute approximate surface area is 149 Å². The van der Waals surface area contributed by atoms with Crippen LogP contribution in [0.4, 0.5) is 4.79 Å². The number of nitrogens with one attached hydrogen (secondary N) is 1. The molecule has 134 valence electrons. The Balaban J connectivity index is 2.05. The molecule has 1 aliphatic rings. The van der Waals surface area contributed by atoms with Crippen LogP contribution in [-0.2, 0) is 11.3 Å². The Morgan fingerprint density at radius 3 is 2.52 bits per heavy atom. The second kappa shape index (κ2) is 8.42. The third-order valence-corrected chi connectivity index (χ3v) is 4.41. The van der Waals surface area contributed by atoms with E-state index in [0.717, 1.165) is 22.6 Å². The van der Waals surface area contributed by atoms with Crippen LogP contribution < -0.4 is 10.1 Å². The second-order valence-electron chi connectivity index (χ2n) is 5.95. The molecule has 1 N–H and O–H groups in total. The number of carbonyl (C=O) groups is 1. The van der Waals surface area contributed by atoms with E-state index >= 15 is 0 Å². The maximum atomic E-state index is 12.4. The van der Waals surface area contributed by atoms with Crippen LogP contribution >= 0.6 is 0 Å². The third kappa shape index (κ3) is 4.44. The number of amides is 2. The first-order valence-corrected chi connectivity index (χ1v) is 8.27. The van der Waals surface area contributed by atoms with Gasteiger partial charge in [-0.3, -0.25) is 0 Å². The van der Waals surface area contributed by atoms with E-state index in [1.54, 1.807) is 14.2 Å². The molecule has 1 aromatic carbocycles. The first kappa shape index (κ1) is 18.6. The van der Waals surface area contributed by atoms with Gasteiger partial charge < -0.3 is 19.7 Å². The van der Waals surface area contributed by atoms with Crippen molar-refractivity contribution >= 4 is 6.03 Å². The van der Waals surface area contributed by atoms with Gasteiger partial charge in [-0.25, -0.2) is 4.79 Å². The molecule has 0 saturated carbocycles. The number of hydrogen-bond acceptors (Lipinski definition) is 3. The number of carbonyl (C=O) groups excluding carboxylic acids is 1. The molecule has 1 aromatic rings. The van der Waals surface area contributed by atoms with Crippen molar-refractivity contribution in [3.63, 3.8) is 0 Å². The zero-order chi connectivity index (χ0) is 18.4. The summed E-state index contributed by atoms with van der Waals surface area (Å²) < 4.78 is 10.4. The summed E-state index contributed by atoms with van der Waals surface area (Å²) in [4.78, 5) is 14.2. The molecule has 2 amide bonds. The number of hydrogen-bond donors (Lipinski definition) is 1. The van der Waals surface area contributed by atoms with Crippen molar-refractivity contribution < 1.29 is 14.3 Å². The molecule has 2 atom stereocenters. The first-order valence-electron chi connectivity index (χ1n) is 8.27. The molecule has 5 heteroatoms. The number of allylic oxidation sites excluding steroid dienone is 2. The maximum Gasteiger partial charge on any atom is 0.318 e. The van der Waals surface area contributed by atoms with E-state index in [0.29, 0.717) is 6.54 Å². The van der Waals surface area contributed by atoms with E-state index in [2.05, 4.69) is 11.9 Å². The summed E-state index contributed by atoms with van der Waals surface area (Å²) in [7, 11) is 3.26. The summed E-state index contributed by atoms with van der Waals surface area (Å²) in [5, 5.41) is 3.01. The SMILES string of the molecule is C=C(/C=C\C(=C/C)OC)[C@@H]1NC(=O)N(Cc2ccc(OC)cc2)[C@@H]1C. The number of urea groups is 1. The van der Waals surface area contributed by atoms with Crippen LogP contribution in [0.15, 0.2) is 60.4 Å². The molecule has 1 fully saturated rings. The minimum atomic E-state index is -0.128. The monoisotopic (exact) mass is 342 g/mol. The van der Waals surface area contributed by atoms with E-state index in [1.807, 2.05) is 61.2 Å². The number of benzene rings is 1. The predicted octanol–water partition coefficient (Wildman–Crippen LogP) is 3.64. The van der Waals surface area contributed by atoms with Crippen molar-refractivity contribution in [1.82, 2.24) is 10.2 Å². The molecule has 1 aliphatic heterocycles. The smallest absolute Gasteiger partial charge is 0.318 e. The number of nitrogens with zero attached hydrogens (tertiary/aromatic N) is 1. The van der Waals surface area contributed by atoms with Gasteiger partial charge in [0.05, 0.1) is 26.3 Å². The fraction of sp³-hybridized carbons (Fsp3) is 0.350. The molecule has 2 rings (SSSR count). The van der Waals surface area contributed by atoms with E-state index in [-0.39, 0.29) is 18.1 Å². The number of rotatable bonds is 7. The fourth-order valence-corrected chi connectivity index (χ4v) is 2.82. The van der Waals surface area contributed by atoms with Crippen molar-refractivity contribution in [2.45, 2.75) is 32.5 Å². The average Bonchev–Trinajstić information content (AvgIpc) is 2.91. The first-order chi connectivity index (χ1) is 12.0. The minimum absolute atomic E-state index is 0.00310. The Morgan fingerprint density at radius 1 is 1.28 bits per heavy atom. The molecule has 25 heavy (non-hydrogen) atoms. The van der Waals surface area contributed by atoms with Crippen LogP contribution in [-0.4, -0.2) is 37.2 Å². The Kier molecular flexibility index (Phi) is 6.28. The normalized spacial score (nSPS) is 20.7. The highest BCUT2D eigenvalue weighted by molar-refractivity contribution is 5.78. The molecule has 0 spiro atoms. The highest BCUT2D eigenvalue weighted by atomic mass is 16.5. The van der Waals surface area contributed by atoms with Crippen molar-refractivity contribution in [3.05, 3.63) is 66.0 Å². The number of methoxy groups -OCH3 is 2. The average molecular weight is 342 g/mol. The van der Waals surface area contributed by atoms with Crippen LogP contribution in [0, 0.1) is 0 Å². The Hall–Kier alpha value is -2.69. The molecule has 0 bridgehead atoms. The molecule has 5 nitrogen and oxygen atoms in total. The van der Waals surface area contributed by atoms with Gasteiger partial charge in [0, 0.05) is 6.54 Å². The molecular formula is C20H26N2O3. The van der Waals surface area contributed by atoms with Gasteiger partial charge in [0.25, 0.3) is 0 Å². The summed E-state index contributed by atoms with van der Waals surface area (Å²) >= 11 is 0. The largest absolute Gasteiger partial charge is 0.497 e. The molecule has 1 saturated heterocycles. The minimum Gasteiger partial charge on any atom is -0.497 e. The summed E-state index contributed by atoms with van der Waals surface area (Å²) in [6, 6.07) is 7.53. The van der Waals surface area contributed by atoms with Gasteiger partial charge in [-0.1, -0.05) is 24.8 Å². The lowest BCUT2D eigenvalue weighted by atomic mass is 10.0. The topological polar surface area (TPSA) is 50.8 Å². The lowest BCUT2D eigenvalue weighted by Crippen LogP contribution is -2.34. The Bertz CT molecular complexity index is 677. The lowest BCUT2D eigenvalue weighted by Gasteiger charge is -2.23. The summed E-state index contributed by atoms with van der Waals surface area (Å²) in [5.41, 5.74) is 1.90. The summed E-state index contributed by atoms with van der Waals surface area (Å²) in [6.45, 7) is 8.57. The van der Waals surface area contributed by atoms with Crippen molar-refractivity contribution in [3.8, 4) is 5.75 Å². The second-order valence-corrected chi connectivity index (χ2v) is 5.95. The van der Waals surface area contributed by atoms with Gasteiger partial charge in [0.15, 0.2) is 0 Å². The zero-order valence-corrected chi connectivity index (χ0v) is 15.3. The lowest BCUT2D eigenvalue weighted by molar-refractivity contribution is 0.203. The van der Waals surface area contributed by atoms with Crippen LogP contribution in [0.25, 0.3) is 0 Å². The van der Waals surface area contributed by atoms with E-state index in [1.165, 1.54) is 0 Å². The maximum absolute atomic E-state index is 12.4. The summed E-state index contributed by atoms with van der Waals surface area (Å²) in [6.07, 6.45) is 5.61. The van der Waals surface area contributed by atoms with Gasteiger partial charge in [-0.2, -0.15) is 0 Å². The molecule has 0 aromatic heterocycles. The van der Waals surface area contributed by atoms with Gasteiger partial charge in [0.2, 0.25) is 0 Å². The standard InChI is InChI=1S/C20H26N2O3/c1-6-17(24-4)10-7-14(2)19-15(3)22(20(23)21-19)13-16-8-11-18(25-5)12-9-16/h6-12,15,19H,2,13H2,1,3-5H3,(H,21,23)/b10-7-,17-6+/t15-,19+/m1/s1. The van der Waals surface area contributed by atoms with Crippen LogP contribution in [0.3, 0.4) is 0 Å². The van der Waals surface area contributed by atoms with Gasteiger partial charge >= 0.3 is 6.03 Å². The van der Waals surface area contributed by atoms with Crippen molar-refractivity contribution in [1.29, 1.82) is 0 Å². The van der Waals surface area contributed by atoms with Crippen molar-refractivity contribution in [2.75, 3.05) is 14.2 Å². The van der Waals surface area contributed by atoms with E-state index in [4.69, 9.17) is 9.47 Å². The van der Waals surface area contributed by atoms with E-state index in [9.17, 15) is 4.79 Å². The highest BCUT2D eigenvalue weighted by Gasteiger charge is 2.36. The zero-order valence-electron chi connectivity index (χ0n) is 15.3. The predicted molar refractivity (Wildman–Crippen MR) is 99.4 cm³/mol. The third-order valence-electron chi connectivity index (χ3n) is 4.41. The quantitative estimate of drug-likeness (QED) is 0.608. The van der Waals surface area contributed by atoms with Crippen LogP contribution in [0.5, 0.6) is 5.75 Å². The fourth-order valence-electron chi connectivity index (χ4n) is 2.82. The van der Waals surface area contributed by atoms with Crippen molar-refractivity contribution in [2.24, 2.45) is 0 Å². The van der Waals surface area contributed by atoms with Crippen LogP contribution in [0.1, 0.15) is 19.4 Å². The Morgan fingerprint density at radius 2 is 1.96 bits per heavy atom.